The van der Waals surface area contributed by atoms with E-state index >= 15 is 0 Å². The summed E-state index contributed by atoms with van der Waals surface area (Å²) in [6.07, 6.45) is 0.894. The molecule has 0 aromatic rings. The van der Waals surface area contributed by atoms with E-state index in [4.69, 9.17) is 14.2 Å². The molecule has 3 nitrogen and oxygen atoms in total. The van der Waals surface area contributed by atoms with Crippen LogP contribution in [0.5, 0.6) is 0 Å². The molecule has 1 rings (SSSR count). The largest absolute Gasteiger partial charge is 0.465 e. The van der Waals surface area contributed by atoms with Gasteiger partial charge >= 0.3 is 0 Å². The summed E-state index contributed by atoms with van der Waals surface area (Å²) in [5, 5.41) is 0. The van der Waals surface area contributed by atoms with Gasteiger partial charge in [-0.15, -0.1) is 0 Å². The average molecular weight is 172 g/mol. The van der Waals surface area contributed by atoms with Crippen molar-refractivity contribution in [3.05, 3.63) is 25.2 Å². The van der Waals surface area contributed by atoms with Crippen LogP contribution in [0.4, 0.5) is 0 Å². The van der Waals surface area contributed by atoms with Crippen LogP contribution in [0, 0.1) is 0 Å². The molecule has 0 saturated carbocycles. The van der Waals surface area contributed by atoms with Crippen molar-refractivity contribution in [1.29, 1.82) is 0 Å². The van der Waals surface area contributed by atoms with Crippen LogP contribution in [0.25, 0.3) is 0 Å². The van der Waals surface area contributed by atoms with E-state index in [-0.39, 0.29) is 0 Å². The summed E-state index contributed by atoms with van der Waals surface area (Å²) in [7, 11) is 0. The number of hydrogen-bond donors (Lipinski definition) is 0. The molecule has 1 aliphatic heterocycles. The number of hydrogen-bond acceptors (Lipinski definition) is 3. The number of rotatable bonds is 3. The third-order valence-electron chi connectivity index (χ3n) is 1.12. The molecule has 1 aliphatic rings. The second-order valence-electron chi connectivity index (χ2n) is 1.82. The summed E-state index contributed by atoms with van der Waals surface area (Å²) < 4.78 is 15.0. The molecule has 0 atom stereocenters. The number of ether oxygens (including phenoxy) is 3. The molecular weight excluding hydrogens is 156 g/mol. The van der Waals surface area contributed by atoms with Crippen molar-refractivity contribution in [2.24, 2.45) is 0 Å². The van der Waals surface area contributed by atoms with Gasteiger partial charge in [-0.3, -0.25) is 0 Å². The smallest absolute Gasteiger partial charge is 0.216 e. The fourth-order valence-electron chi connectivity index (χ4n) is 0.707. The fraction of sp³-hybridized carbons (Fsp3) is 0.556. The third-order valence-corrected chi connectivity index (χ3v) is 1.12. The van der Waals surface area contributed by atoms with Crippen LogP contribution >= 0.6 is 0 Å². The Morgan fingerprint density at radius 2 is 1.92 bits per heavy atom. The minimum atomic E-state index is -0.405. The van der Waals surface area contributed by atoms with Crippen LogP contribution < -0.4 is 0 Å². The molecule has 1 heterocycles. The molecule has 3 heteroatoms. The topological polar surface area (TPSA) is 27.7 Å². The highest BCUT2D eigenvalue weighted by molar-refractivity contribution is 4.90. The van der Waals surface area contributed by atoms with Crippen LogP contribution in [0.15, 0.2) is 25.2 Å². The van der Waals surface area contributed by atoms with Crippen molar-refractivity contribution in [3.63, 3.8) is 0 Å². The zero-order valence-electron chi connectivity index (χ0n) is 7.71. The fourth-order valence-corrected chi connectivity index (χ4v) is 0.707. The molecule has 0 aromatic carbocycles. The van der Waals surface area contributed by atoms with E-state index in [0.717, 1.165) is 0 Å². The Morgan fingerprint density at radius 1 is 1.42 bits per heavy atom. The maximum Gasteiger partial charge on any atom is 0.216 e. The van der Waals surface area contributed by atoms with Gasteiger partial charge in [-0.05, 0) is 0 Å². The van der Waals surface area contributed by atoms with E-state index in [2.05, 4.69) is 13.2 Å². The van der Waals surface area contributed by atoms with E-state index < -0.39 is 6.29 Å². The van der Waals surface area contributed by atoms with Gasteiger partial charge in [0.2, 0.25) is 6.29 Å². The van der Waals surface area contributed by atoms with Crippen LogP contribution in [0.2, 0.25) is 0 Å². The van der Waals surface area contributed by atoms with E-state index in [1.807, 2.05) is 13.8 Å². The Kier molecular flexibility index (Phi) is 6.42. The lowest BCUT2D eigenvalue weighted by atomic mass is 10.5. The lowest BCUT2D eigenvalue weighted by molar-refractivity contribution is -0.0400. The Morgan fingerprint density at radius 3 is 2.33 bits per heavy atom. The molecule has 1 fully saturated rings. The molecule has 0 radical (unpaired) electrons. The Bertz CT molecular complexity index is 137. The molecule has 70 valence electrons. The minimum Gasteiger partial charge on any atom is -0.465 e. The zero-order chi connectivity index (χ0) is 9.40. The molecule has 0 N–H and O–H groups in total. The summed E-state index contributed by atoms with van der Waals surface area (Å²) in [6.45, 7) is 12.2. The van der Waals surface area contributed by atoms with Gasteiger partial charge in [-0.1, -0.05) is 27.0 Å². The predicted molar refractivity (Wildman–Crippen MR) is 47.5 cm³/mol. The van der Waals surface area contributed by atoms with Crippen LogP contribution in [-0.2, 0) is 14.2 Å². The average Bonchev–Trinajstić information content (AvgIpc) is 2.60. The molecule has 0 unspecified atom stereocenters. The molecule has 0 spiro atoms. The van der Waals surface area contributed by atoms with Gasteiger partial charge in [0.1, 0.15) is 0 Å². The normalized spacial score (nSPS) is 16.2. The van der Waals surface area contributed by atoms with Crippen LogP contribution in [0.1, 0.15) is 13.8 Å². The van der Waals surface area contributed by atoms with Gasteiger partial charge in [0.25, 0.3) is 0 Å². The molecule has 0 aliphatic carbocycles. The van der Waals surface area contributed by atoms with Gasteiger partial charge in [-0.25, -0.2) is 0 Å². The first kappa shape index (κ1) is 11.2. The van der Waals surface area contributed by atoms with Gasteiger partial charge in [0.05, 0.1) is 19.5 Å². The van der Waals surface area contributed by atoms with E-state index in [1.165, 1.54) is 6.26 Å². The van der Waals surface area contributed by atoms with Crippen molar-refractivity contribution in [2.45, 2.75) is 20.1 Å². The Balaban J connectivity index is 0.000000561. The summed E-state index contributed by atoms with van der Waals surface area (Å²) in [5.41, 5.74) is 0. The molecule has 0 bridgehead atoms. The first-order valence-electron chi connectivity index (χ1n) is 4.04. The van der Waals surface area contributed by atoms with E-state index in [1.54, 1.807) is 0 Å². The standard InChI is InChI=1S/C7H10O3.C2H6/c1-3-8-6(2)7-9-4-5-10-7;1-2/h3,7H,1-2,4-5H2;1-2H3. The molecule has 0 amide bonds. The second-order valence-corrected chi connectivity index (χ2v) is 1.82. The van der Waals surface area contributed by atoms with Crippen LogP contribution in [0.3, 0.4) is 0 Å². The first-order valence-corrected chi connectivity index (χ1v) is 4.04. The van der Waals surface area contributed by atoms with Crippen LogP contribution in [-0.4, -0.2) is 19.5 Å². The van der Waals surface area contributed by atoms with Crippen molar-refractivity contribution < 1.29 is 14.2 Å². The summed E-state index contributed by atoms with van der Waals surface area (Å²) >= 11 is 0. The second kappa shape index (κ2) is 6.88. The third kappa shape index (κ3) is 3.55. The van der Waals surface area contributed by atoms with Crippen molar-refractivity contribution in [3.8, 4) is 0 Å². The molecule has 12 heavy (non-hydrogen) atoms. The highest BCUT2D eigenvalue weighted by Crippen LogP contribution is 2.12. The highest BCUT2D eigenvalue weighted by Gasteiger charge is 2.19. The Hall–Kier alpha value is -0.800. The first-order chi connectivity index (χ1) is 5.84. The maximum absolute atomic E-state index is 5.07. The van der Waals surface area contributed by atoms with Gasteiger partial charge in [0.15, 0.2) is 5.76 Å². The Labute approximate surface area is 73.6 Å². The van der Waals surface area contributed by atoms with Gasteiger partial charge in [-0.2, -0.15) is 0 Å². The van der Waals surface area contributed by atoms with E-state index in [9.17, 15) is 0 Å². The SMILES string of the molecule is C=COC(=C)C1OCCO1.CC. The minimum absolute atomic E-state index is 0.405. The summed E-state index contributed by atoms with van der Waals surface area (Å²) in [5.74, 6) is 0.451. The van der Waals surface area contributed by atoms with Gasteiger partial charge in [0, 0.05) is 0 Å². The monoisotopic (exact) mass is 172 g/mol. The molecule has 0 aromatic heterocycles. The lowest BCUT2D eigenvalue weighted by Crippen LogP contribution is -2.10. The summed E-state index contributed by atoms with van der Waals surface area (Å²) in [4.78, 5) is 0. The van der Waals surface area contributed by atoms with Crippen molar-refractivity contribution >= 4 is 0 Å². The molecular formula is C9H16O3. The highest BCUT2D eigenvalue weighted by atomic mass is 16.7. The van der Waals surface area contributed by atoms with Gasteiger partial charge < -0.3 is 14.2 Å². The quantitative estimate of drug-likeness (QED) is 0.610. The summed E-state index contributed by atoms with van der Waals surface area (Å²) in [6, 6.07) is 0. The van der Waals surface area contributed by atoms with Crippen molar-refractivity contribution in [1.82, 2.24) is 0 Å². The van der Waals surface area contributed by atoms with E-state index in [0.29, 0.717) is 19.0 Å². The van der Waals surface area contributed by atoms with Crippen molar-refractivity contribution in [2.75, 3.05) is 13.2 Å². The molecule has 1 saturated heterocycles. The lowest BCUT2D eigenvalue weighted by Gasteiger charge is -2.09. The predicted octanol–water partition coefficient (Wildman–Crippen LogP) is 2.06. The zero-order valence-corrected chi connectivity index (χ0v) is 7.71. The maximum atomic E-state index is 5.07.